The number of hydrogen-bond donors (Lipinski definition) is 0. The van der Waals surface area contributed by atoms with E-state index in [9.17, 15) is 0 Å². The van der Waals surface area contributed by atoms with Crippen LogP contribution in [-0.2, 0) is 11.2 Å². The molecular formula is C12H14N2O2S. The normalized spacial score (nSPS) is 18.2. The monoisotopic (exact) mass is 250 g/mol. The molecule has 4 nitrogen and oxygen atoms in total. The molecule has 1 atom stereocenters. The number of thiocarbonyl (C=S) groups is 1. The Morgan fingerprint density at radius 2 is 2.12 bits per heavy atom. The first kappa shape index (κ1) is 12.0. The van der Waals surface area contributed by atoms with Crippen LogP contribution in [0.5, 0.6) is 5.75 Å². The van der Waals surface area contributed by atoms with E-state index in [0.717, 1.165) is 25.0 Å². The van der Waals surface area contributed by atoms with Crippen molar-refractivity contribution >= 4 is 17.4 Å². The number of aryl methyl sites for hydroxylation is 1. The molecule has 1 aromatic rings. The molecule has 1 heterocycles. The summed E-state index contributed by atoms with van der Waals surface area (Å²) in [5.74, 6) is 0.882. The Kier molecular flexibility index (Phi) is 4.03. The molecule has 1 unspecified atom stereocenters. The van der Waals surface area contributed by atoms with E-state index >= 15 is 0 Å². The first-order chi connectivity index (χ1) is 8.28. The Morgan fingerprint density at radius 3 is 2.71 bits per heavy atom. The highest BCUT2D eigenvalue weighted by Gasteiger charge is 2.16. The molecule has 0 bridgehead atoms. The first-order valence-corrected chi connectivity index (χ1v) is 5.93. The summed E-state index contributed by atoms with van der Waals surface area (Å²) < 4.78 is 10.3. The van der Waals surface area contributed by atoms with Crippen molar-refractivity contribution in [3.63, 3.8) is 0 Å². The van der Waals surface area contributed by atoms with Gasteiger partial charge in [-0.15, -0.1) is 10.2 Å². The summed E-state index contributed by atoms with van der Waals surface area (Å²) in [6.45, 7) is 0. The minimum atomic E-state index is -0.180. The lowest BCUT2D eigenvalue weighted by Gasteiger charge is -2.06. The molecule has 0 amide bonds. The standard InChI is InChI=1S/C12H14N2O2S/c1-15-10-7-5-9(6-8-10)3-2-4-11-13-14-12(17)16-11/h5-8,11H,2-4H2,1H3. The lowest BCUT2D eigenvalue weighted by atomic mass is 10.1. The third-order valence-corrected chi connectivity index (χ3v) is 2.76. The van der Waals surface area contributed by atoms with Gasteiger partial charge in [0.1, 0.15) is 5.75 Å². The fourth-order valence-corrected chi connectivity index (χ4v) is 1.82. The van der Waals surface area contributed by atoms with E-state index in [1.807, 2.05) is 12.1 Å². The molecule has 1 aliphatic rings. The number of methoxy groups -OCH3 is 1. The van der Waals surface area contributed by atoms with Gasteiger partial charge in [0, 0.05) is 6.42 Å². The zero-order chi connectivity index (χ0) is 12.1. The highest BCUT2D eigenvalue weighted by Crippen LogP contribution is 2.16. The Labute approximate surface area is 106 Å². The van der Waals surface area contributed by atoms with Gasteiger partial charge in [-0.1, -0.05) is 12.1 Å². The highest BCUT2D eigenvalue weighted by atomic mass is 32.1. The van der Waals surface area contributed by atoms with Crippen LogP contribution in [0.15, 0.2) is 34.5 Å². The zero-order valence-electron chi connectivity index (χ0n) is 9.63. The fourth-order valence-electron chi connectivity index (χ4n) is 1.66. The van der Waals surface area contributed by atoms with Crippen molar-refractivity contribution in [2.24, 2.45) is 10.2 Å². The summed E-state index contributed by atoms with van der Waals surface area (Å²) in [7, 11) is 1.67. The van der Waals surface area contributed by atoms with E-state index < -0.39 is 0 Å². The largest absolute Gasteiger partial charge is 0.497 e. The molecule has 2 rings (SSSR count). The molecule has 90 valence electrons. The molecule has 17 heavy (non-hydrogen) atoms. The van der Waals surface area contributed by atoms with Gasteiger partial charge < -0.3 is 9.47 Å². The molecule has 0 saturated carbocycles. The minimum absolute atomic E-state index is 0.180. The van der Waals surface area contributed by atoms with Gasteiger partial charge in [0.2, 0.25) is 6.23 Å². The average Bonchev–Trinajstić information content (AvgIpc) is 2.76. The molecule has 0 spiro atoms. The van der Waals surface area contributed by atoms with E-state index in [-0.39, 0.29) is 11.4 Å². The number of ether oxygens (including phenoxy) is 2. The van der Waals surface area contributed by atoms with Crippen molar-refractivity contribution in [3.05, 3.63) is 29.8 Å². The summed E-state index contributed by atoms with van der Waals surface area (Å²) in [6, 6.07) is 8.08. The molecule has 0 aromatic heterocycles. The molecule has 0 radical (unpaired) electrons. The second-order valence-electron chi connectivity index (χ2n) is 3.79. The molecule has 0 N–H and O–H groups in total. The Bertz CT molecular complexity index is 417. The van der Waals surface area contributed by atoms with Crippen LogP contribution in [0.3, 0.4) is 0 Å². The second-order valence-corrected chi connectivity index (χ2v) is 4.14. The van der Waals surface area contributed by atoms with Crippen LogP contribution >= 0.6 is 12.2 Å². The number of benzene rings is 1. The van der Waals surface area contributed by atoms with Crippen molar-refractivity contribution in [2.45, 2.75) is 25.5 Å². The third kappa shape index (κ3) is 3.49. The smallest absolute Gasteiger partial charge is 0.304 e. The van der Waals surface area contributed by atoms with Crippen LogP contribution in [0.25, 0.3) is 0 Å². The molecule has 5 heteroatoms. The molecule has 0 saturated heterocycles. The van der Waals surface area contributed by atoms with Crippen molar-refractivity contribution in [3.8, 4) is 5.75 Å². The number of azo groups is 1. The third-order valence-electron chi connectivity index (χ3n) is 2.58. The number of nitrogens with zero attached hydrogens (tertiary/aromatic N) is 2. The van der Waals surface area contributed by atoms with E-state index in [4.69, 9.17) is 21.7 Å². The van der Waals surface area contributed by atoms with Crippen LogP contribution in [0, 0.1) is 0 Å². The summed E-state index contributed by atoms with van der Waals surface area (Å²) in [5.41, 5.74) is 1.28. The van der Waals surface area contributed by atoms with Gasteiger partial charge in [0.25, 0.3) is 0 Å². The maximum Gasteiger partial charge on any atom is 0.304 e. The van der Waals surface area contributed by atoms with Crippen molar-refractivity contribution in [1.82, 2.24) is 0 Å². The quantitative estimate of drug-likeness (QED) is 0.754. The van der Waals surface area contributed by atoms with Crippen molar-refractivity contribution in [2.75, 3.05) is 7.11 Å². The van der Waals surface area contributed by atoms with Crippen LogP contribution in [0.4, 0.5) is 0 Å². The highest BCUT2D eigenvalue weighted by molar-refractivity contribution is 7.80. The van der Waals surface area contributed by atoms with E-state index in [2.05, 4.69) is 22.4 Å². The average molecular weight is 250 g/mol. The maximum absolute atomic E-state index is 5.21. The van der Waals surface area contributed by atoms with Crippen molar-refractivity contribution < 1.29 is 9.47 Å². The molecular weight excluding hydrogens is 236 g/mol. The summed E-state index contributed by atoms with van der Waals surface area (Å²) in [4.78, 5) is 0. The van der Waals surface area contributed by atoms with Crippen LogP contribution in [-0.4, -0.2) is 18.5 Å². The van der Waals surface area contributed by atoms with Gasteiger partial charge in [-0.05, 0) is 42.8 Å². The Balaban J connectivity index is 1.74. The Morgan fingerprint density at radius 1 is 1.35 bits per heavy atom. The fraction of sp³-hybridized carbons (Fsp3) is 0.417. The van der Waals surface area contributed by atoms with Crippen LogP contribution in [0.1, 0.15) is 18.4 Å². The Hall–Kier alpha value is -1.49. The summed E-state index contributed by atoms with van der Waals surface area (Å²) in [5, 5.41) is 7.85. The van der Waals surface area contributed by atoms with E-state index in [1.165, 1.54) is 5.56 Å². The SMILES string of the molecule is COc1ccc(CCCC2N=NC(=S)O2)cc1. The number of rotatable bonds is 5. The number of hydrogen-bond acceptors (Lipinski definition) is 4. The predicted molar refractivity (Wildman–Crippen MR) is 68.3 cm³/mol. The van der Waals surface area contributed by atoms with Crippen LogP contribution < -0.4 is 4.74 Å². The van der Waals surface area contributed by atoms with E-state index in [0.29, 0.717) is 0 Å². The van der Waals surface area contributed by atoms with Gasteiger partial charge in [0.05, 0.1) is 7.11 Å². The zero-order valence-corrected chi connectivity index (χ0v) is 10.4. The lowest BCUT2D eigenvalue weighted by Crippen LogP contribution is -2.06. The van der Waals surface area contributed by atoms with Gasteiger partial charge in [0.15, 0.2) is 0 Å². The molecule has 0 aliphatic carbocycles. The van der Waals surface area contributed by atoms with Gasteiger partial charge in [-0.3, -0.25) is 0 Å². The topological polar surface area (TPSA) is 43.2 Å². The molecule has 0 fully saturated rings. The van der Waals surface area contributed by atoms with Crippen molar-refractivity contribution in [1.29, 1.82) is 0 Å². The summed E-state index contributed by atoms with van der Waals surface area (Å²) in [6.07, 6.45) is 2.65. The maximum atomic E-state index is 5.21. The van der Waals surface area contributed by atoms with Crippen LogP contribution in [0.2, 0.25) is 0 Å². The summed E-state index contributed by atoms with van der Waals surface area (Å²) >= 11 is 4.77. The lowest BCUT2D eigenvalue weighted by molar-refractivity contribution is 0.207. The van der Waals surface area contributed by atoms with E-state index in [1.54, 1.807) is 7.11 Å². The molecule has 1 aromatic carbocycles. The second kappa shape index (κ2) is 5.72. The first-order valence-electron chi connectivity index (χ1n) is 5.52. The van der Waals surface area contributed by atoms with Gasteiger partial charge in [-0.25, -0.2) is 0 Å². The van der Waals surface area contributed by atoms with Gasteiger partial charge in [-0.2, -0.15) is 0 Å². The van der Waals surface area contributed by atoms with Gasteiger partial charge >= 0.3 is 5.17 Å². The molecule has 1 aliphatic heterocycles. The predicted octanol–water partition coefficient (Wildman–Crippen LogP) is 3.11. The minimum Gasteiger partial charge on any atom is -0.497 e.